The minimum atomic E-state index is -0.483. The number of amides is 1. The zero-order valence-corrected chi connectivity index (χ0v) is 16.9. The number of anilines is 1. The molecule has 0 saturated carbocycles. The van der Waals surface area contributed by atoms with Crippen molar-refractivity contribution in [1.82, 2.24) is 35.6 Å². The average Bonchev–Trinajstić information content (AvgIpc) is 3.45. The number of benzene rings is 1. The van der Waals surface area contributed by atoms with E-state index in [1.54, 1.807) is 6.21 Å². The van der Waals surface area contributed by atoms with Gasteiger partial charge in [-0.05, 0) is 42.3 Å². The van der Waals surface area contributed by atoms with E-state index in [-0.39, 0.29) is 17.3 Å². The first-order valence-corrected chi connectivity index (χ1v) is 9.76. The standard InChI is InChI=1S/C17H18BrN9O2/c18-12-6-2-1-5-11(12)9-20-22-17(28)14-13(10-26-7-3-4-8-26)27(25-21-14)16-15(19)23-29-24-16/h1-2,5-6,9H,3-4,7-8,10H2,(H2,19,23)(H,22,28)/b20-9+. The SMILES string of the molecule is Nc1nonc1-n1nnc(C(=O)N/N=C/c2ccccc2Br)c1CN1CCCC1. The van der Waals surface area contributed by atoms with Crippen LogP contribution in [0.4, 0.5) is 5.82 Å². The fraction of sp³-hybridized carbons (Fsp3) is 0.294. The number of halogens is 1. The number of nitrogens with one attached hydrogen (secondary N) is 1. The predicted octanol–water partition coefficient (Wildman–Crippen LogP) is 1.35. The summed E-state index contributed by atoms with van der Waals surface area (Å²) in [6.45, 7) is 2.33. The summed E-state index contributed by atoms with van der Waals surface area (Å²) >= 11 is 3.43. The van der Waals surface area contributed by atoms with E-state index in [2.05, 4.69) is 56.6 Å². The molecule has 2 aromatic heterocycles. The molecule has 0 atom stereocenters. The monoisotopic (exact) mass is 459 g/mol. The molecule has 0 aliphatic carbocycles. The Morgan fingerprint density at radius 3 is 2.83 bits per heavy atom. The highest BCUT2D eigenvalue weighted by atomic mass is 79.9. The predicted molar refractivity (Wildman–Crippen MR) is 107 cm³/mol. The summed E-state index contributed by atoms with van der Waals surface area (Å²) in [7, 11) is 0. The van der Waals surface area contributed by atoms with Gasteiger partial charge in [0.25, 0.3) is 5.91 Å². The van der Waals surface area contributed by atoms with Gasteiger partial charge < -0.3 is 5.73 Å². The van der Waals surface area contributed by atoms with Crippen LogP contribution in [0, 0.1) is 0 Å². The zero-order chi connectivity index (χ0) is 20.2. The van der Waals surface area contributed by atoms with Crippen LogP contribution < -0.4 is 11.2 Å². The number of carbonyl (C=O) groups is 1. The quantitative estimate of drug-likeness (QED) is 0.415. The van der Waals surface area contributed by atoms with Crippen LogP contribution in [0.1, 0.15) is 34.6 Å². The Balaban J connectivity index is 1.58. The van der Waals surface area contributed by atoms with Crippen LogP contribution in [-0.4, -0.2) is 55.4 Å². The van der Waals surface area contributed by atoms with Gasteiger partial charge in [0.2, 0.25) is 11.6 Å². The number of nitrogens with two attached hydrogens (primary N) is 1. The highest BCUT2D eigenvalue weighted by Gasteiger charge is 2.26. The third-order valence-electron chi connectivity index (χ3n) is 4.52. The van der Waals surface area contributed by atoms with Crippen molar-refractivity contribution in [2.45, 2.75) is 19.4 Å². The number of aromatic nitrogens is 5. The Morgan fingerprint density at radius 1 is 1.31 bits per heavy atom. The van der Waals surface area contributed by atoms with E-state index in [1.165, 1.54) is 4.68 Å². The van der Waals surface area contributed by atoms with Crippen molar-refractivity contribution in [1.29, 1.82) is 0 Å². The van der Waals surface area contributed by atoms with E-state index in [9.17, 15) is 4.79 Å². The van der Waals surface area contributed by atoms with Gasteiger partial charge in [0, 0.05) is 16.6 Å². The van der Waals surface area contributed by atoms with Crippen LogP contribution >= 0.6 is 15.9 Å². The van der Waals surface area contributed by atoms with Crippen molar-refractivity contribution in [3.63, 3.8) is 0 Å². The van der Waals surface area contributed by atoms with E-state index in [4.69, 9.17) is 5.73 Å². The molecule has 1 aliphatic rings. The molecule has 0 bridgehead atoms. The van der Waals surface area contributed by atoms with E-state index in [0.717, 1.165) is 36.0 Å². The van der Waals surface area contributed by atoms with Crippen LogP contribution in [-0.2, 0) is 6.54 Å². The van der Waals surface area contributed by atoms with Crippen LogP contribution in [0.2, 0.25) is 0 Å². The number of hydrogen-bond donors (Lipinski definition) is 2. The number of likely N-dealkylation sites (tertiary alicyclic amines) is 1. The molecule has 0 spiro atoms. The van der Waals surface area contributed by atoms with Crippen molar-refractivity contribution in [2.24, 2.45) is 5.10 Å². The number of nitrogen functional groups attached to an aromatic ring is 1. The van der Waals surface area contributed by atoms with E-state index < -0.39 is 5.91 Å². The van der Waals surface area contributed by atoms with Crippen molar-refractivity contribution >= 4 is 33.9 Å². The van der Waals surface area contributed by atoms with Crippen LogP contribution in [0.5, 0.6) is 0 Å². The van der Waals surface area contributed by atoms with Crippen molar-refractivity contribution in [2.75, 3.05) is 18.8 Å². The first kappa shape index (κ1) is 19.2. The molecule has 1 aliphatic heterocycles. The van der Waals surface area contributed by atoms with E-state index >= 15 is 0 Å². The molecule has 12 heteroatoms. The Hall–Kier alpha value is -3.12. The number of nitrogens with zero attached hydrogens (tertiary/aromatic N) is 7. The normalized spacial score (nSPS) is 14.7. The van der Waals surface area contributed by atoms with Gasteiger partial charge in [0.05, 0.1) is 11.9 Å². The number of carbonyl (C=O) groups excluding carboxylic acids is 1. The topological polar surface area (TPSA) is 140 Å². The van der Waals surface area contributed by atoms with Crippen LogP contribution in [0.25, 0.3) is 5.82 Å². The molecule has 3 heterocycles. The molecule has 1 fully saturated rings. The molecule has 11 nitrogen and oxygen atoms in total. The third kappa shape index (κ3) is 4.17. The van der Waals surface area contributed by atoms with E-state index in [0.29, 0.717) is 12.2 Å². The van der Waals surface area contributed by atoms with Gasteiger partial charge in [-0.2, -0.15) is 9.78 Å². The first-order chi connectivity index (χ1) is 14.1. The second-order valence-corrected chi connectivity index (χ2v) is 7.33. The summed E-state index contributed by atoms with van der Waals surface area (Å²) in [6, 6.07) is 7.53. The second kappa shape index (κ2) is 8.49. The molecule has 150 valence electrons. The minimum Gasteiger partial charge on any atom is -0.378 e. The second-order valence-electron chi connectivity index (χ2n) is 6.47. The fourth-order valence-electron chi connectivity index (χ4n) is 3.07. The van der Waals surface area contributed by atoms with Gasteiger partial charge in [-0.3, -0.25) is 9.69 Å². The molecule has 0 unspecified atom stereocenters. The van der Waals surface area contributed by atoms with Crippen molar-refractivity contribution in [3.05, 3.63) is 45.7 Å². The Morgan fingerprint density at radius 2 is 2.10 bits per heavy atom. The molecular weight excluding hydrogens is 442 g/mol. The maximum atomic E-state index is 12.7. The molecule has 4 rings (SSSR count). The fourth-order valence-corrected chi connectivity index (χ4v) is 3.46. The summed E-state index contributed by atoms with van der Waals surface area (Å²) in [6.07, 6.45) is 3.76. The van der Waals surface area contributed by atoms with Gasteiger partial charge in [0.15, 0.2) is 5.69 Å². The lowest BCUT2D eigenvalue weighted by atomic mass is 10.2. The van der Waals surface area contributed by atoms with Crippen LogP contribution in [0.3, 0.4) is 0 Å². The molecule has 1 aromatic carbocycles. The summed E-state index contributed by atoms with van der Waals surface area (Å²) in [5, 5.41) is 19.4. The van der Waals surface area contributed by atoms with E-state index in [1.807, 2.05) is 24.3 Å². The maximum absolute atomic E-state index is 12.7. The van der Waals surface area contributed by atoms with Crippen LogP contribution in [0.15, 0.2) is 38.5 Å². The lowest BCUT2D eigenvalue weighted by Gasteiger charge is -2.15. The number of hydrogen-bond acceptors (Lipinski definition) is 9. The Bertz CT molecular complexity index is 1040. The first-order valence-electron chi connectivity index (χ1n) is 8.97. The molecule has 1 saturated heterocycles. The summed E-state index contributed by atoms with van der Waals surface area (Å²) in [5.41, 5.74) is 9.81. The maximum Gasteiger partial charge on any atom is 0.293 e. The van der Waals surface area contributed by atoms with Gasteiger partial charge in [-0.1, -0.05) is 39.3 Å². The summed E-state index contributed by atoms with van der Waals surface area (Å²) in [4.78, 5) is 14.9. The van der Waals surface area contributed by atoms with Gasteiger partial charge in [0.1, 0.15) is 0 Å². The number of rotatable bonds is 6. The van der Waals surface area contributed by atoms with Crippen molar-refractivity contribution < 1.29 is 9.42 Å². The lowest BCUT2D eigenvalue weighted by Crippen LogP contribution is -2.25. The third-order valence-corrected chi connectivity index (χ3v) is 5.24. The highest BCUT2D eigenvalue weighted by Crippen LogP contribution is 2.20. The summed E-state index contributed by atoms with van der Waals surface area (Å²) < 4.78 is 6.92. The lowest BCUT2D eigenvalue weighted by molar-refractivity contribution is 0.0948. The number of hydrazone groups is 1. The van der Waals surface area contributed by atoms with Gasteiger partial charge >= 0.3 is 0 Å². The molecule has 29 heavy (non-hydrogen) atoms. The smallest absolute Gasteiger partial charge is 0.293 e. The Kier molecular flexibility index (Phi) is 5.62. The molecule has 0 radical (unpaired) electrons. The Labute approximate surface area is 174 Å². The largest absolute Gasteiger partial charge is 0.378 e. The van der Waals surface area contributed by atoms with Gasteiger partial charge in [-0.15, -0.1) is 5.10 Å². The minimum absolute atomic E-state index is 0.0662. The summed E-state index contributed by atoms with van der Waals surface area (Å²) in [5.74, 6) is -0.220. The van der Waals surface area contributed by atoms with Gasteiger partial charge in [-0.25, -0.2) is 10.1 Å². The highest BCUT2D eigenvalue weighted by molar-refractivity contribution is 9.10. The molecule has 1 amide bonds. The molecular formula is C17H18BrN9O2. The zero-order valence-electron chi connectivity index (χ0n) is 15.3. The molecule has 3 N–H and O–H groups in total. The molecule has 3 aromatic rings. The average molecular weight is 460 g/mol. The van der Waals surface area contributed by atoms with Crippen molar-refractivity contribution in [3.8, 4) is 5.82 Å².